The van der Waals surface area contributed by atoms with Crippen molar-refractivity contribution in [3.05, 3.63) is 11.6 Å². The lowest BCUT2D eigenvalue weighted by Crippen LogP contribution is -2.69. The van der Waals surface area contributed by atoms with Crippen LogP contribution in [-0.2, 0) is 23.9 Å². The smallest absolute Gasteiger partial charge is 0.312 e. The van der Waals surface area contributed by atoms with E-state index in [0.717, 1.165) is 56.9 Å². The van der Waals surface area contributed by atoms with Crippen LogP contribution < -0.4 is 0 Å². The minimum absolute atomic E-state index is 0.0673. The van der Waals surface area contributed by atoms with Gasteiger partial charge in [-0.25, -0.2) is 0 Å². The molecule has 6 aliphatic rings. The second kappa shape index (κ2) is 7.10. The van der Waals surface area contributed by atoms with Crippen LogP contribution in [0.15, 0.2) is 11.6 Å². The van der Waals surface area contributed by atoms with Gasteiger partial charge in [0.2, 0.25) is 0 Å². The number of hydrogen-bond donors (Lipinski definition) is 0. The second-order valence-corrected chi connectivity index (χ2v) is 15.7. The number of ketones is 1. The number of carbonyl (C=O) groups excluding carboxylic acids is 3. The van der Waals surface area contributed by atoms with E-state index in [1.54, 1.807) is 0 Å². The van der Waals surface area contributed by atoms with E-state index >= 15 is 0 Å². The van der Waals surface area contributed by atoms with Crippen LogP contribution in [0.2, 0.25) is 0 Å². The highest BCUT2D eigenvalue weighted by atomic mass is 16.6. The zero-order valence-corrected chi connectivity index (χ0v) is 24.2. The number of ether oxygens (including phenoxy) is 2. The minimum Gasteiger partial charge on any atom is -0.462 e. The zero-order valence-electron chi connectivity index (χ0n) is 24.2. The van der Waals surface area contributed by atoms with E-state index in [4.69, 9.17) is 9.47 Å². The van der Waals surface area contributed by atoms with Crippen molar-refractivity contribution in [1.29, 1.82) is 0 Å². The lowest BCUT2D eigenvalue weighted by molar-refractivity contribution is -0.217. The van der Waals surface area contributed by atoms with Crippen LogP contribution in [0.3, 0.4) is 0 Å². The van der Waals surface area contributed by atoms with Crippen molar-refractivity contribution in [2.24, 2.45) is 44.3 Å². The van der Waals surface area contributed by atoms with Gasteiger partial charge in [-0.15, -0.1) is 0 Å². The molecule has 5 fully saturated rings. The van der Waals surface area contributed by atoms with Crippen LogP contribution in [0, 0.1) is 44.3 Å². The van der Waals surface area contributed by atoms with Gasteiger partial charge >= 0.3 is 11.9 Å². The normalized spacial score (nSPS) is 53.6. The summed E-state index contributed by atoms with van der Waals surface area (Å²) in [5.41, 5.74) is -0.841. The highest BCUT2D eigenvalue weighted by molar-refractivity contribution is 5.96. The van der Waals surface area contributed by atoms with E-state index in [9.17, 15) is 14.4 Å². The van der Waals surface area contributed by atoms with Crippen molar-refractivity contribution in [3.63, 3.8) is 0 Å². The van der Waals surface area contributed by atoms with E-state index in [1.165, 1.54) is 6.92 Å². The lowest BCUT2D eigenvalue weighted by atomic mass is 9.33. The molecule has 1 spiro atoms. The summed E-state index contributed by atoms with van der Waals surface area (Å²) in [5, 5.41) is 0. The van der Waals surface area contributed by atoms with Crippen LogP contribution >= 0.6 is 0 Å². The average molecular weight is 511 g/mol. The van der Waals surface area contributed by atoms with Crippen molar-refractivity contribution >= 4 is 17.7 Å². The summed E-state index contributed by atoms with van der Waals surface area (Å²) < 4.78 is 12.3. The molecule has 9 atom stereocenters. The molecule has 0 N–H and O–H groups in total. The predicted octanol–water partition coefficient (Wildman–Crippen LogP) is 6.58. The molecule has 5 heteroatoms. The van der Waals surface area contributed by atoms with Crippen molar-refractivity contribution < 1.29 is 23.9 Å². The van der Waals surface area contributed by atoms with Crippen LogP contribution in [0.1, 0.15) is 113 Å². The van der Waals surface area contributed by atoms with Gasteiger partial charge in [0.15, 0.2) is 5.78 Å². The number of esters is 2. The van der Waals surface area contributed by atoms with Crippen LogP contribution in [0.25, 0.3) is 0 Å². The Morgan fingerprint density at radius 3 is 2.27 bits per heavy atom. The first-order valence-corrected chi connectivity index (χ1v) is 14.7. The molecule has 1 saturated heterocycles. The number of allylic oxidation sites excluding steroid dienone is 1. The van der Waals surface area contributed by atoms with Gasteiger partial charge in [0, 0.05) is 30.1 Å². The molecule has 6 rings (SSSR count). The third-order valence-corrected chi connectivity index (χ3v) is 13.7. The molecule has 1 aliphatic heterocycles. The van der Waals surface area contributed by atoms with E-state index in [0.29, 0.717) is 12.3 Å². The van der Waals surface area contributed by atoms with Gasteiger partial charge in [0.05, 0.1) is 5.41 Å². The summed E-state index contributed by atoms with van der Waals surface area (Å²) in [6.07, 6.45) is 10.2. The first-order valence-electron chi connectivity index (χ1n) is 14.7. The summed E-state index contributed by atoms with van der Waals surface area (Å²) in [5.74, 6) is 0.164. The minimum atomic E-state index is -0.655. The van der Waals surface area contributed by atoms with Crippen molar-refractivity contribution in [3.8, 4) is 0 Å². The Balaban J connectivity index is 1.47. The molecule has 0 aromatic rings. The number of fused-ring (bicyclic) bond motifs is 6. The zero-order chi connectivity index (χ0) is 27.0. The summed E-state index contributed by atoms with van der Waals surface area (Å²) in [4.78, 5) is 39.6. The lowest BCUT2D eigenvalue weighted by Gasteiger charge is -2.71. The average Bonchev–Trinajstić information content (AvgIpc) is 3.02. The van der Waals surface area contributed by atoms with Crippen LogP contribution in [0.5, 0.6) is 0 Å². The summed E-state index contributed by atoms with van der Waals surface area (Å²) in [7, 11) is 0. The van der Waals surface area contributed by atoms with Gasteiger partial charge in [-0.1, -0.05) is 41.5 Å². The Morgan fingerprint density at radius 1 is 0.919 bits per heavy atom. The SMILES string of the molecule is CC(=O)O[C@H]1CC[C@@]2(C)C(CC[C@]3(C)C2C(=O)C=C2C45C[C@](C)(CC[C@]4(C)CC[C@]23C)C(=O)O5)C1(C)C. The Morgan fingerprint density at radius 2 is 1.59 bits per heavy atom. The number of hydrogen-bond acceptors (Lipinski definition) is 5. The predicted molar refractivity (Wildman–Crippen MR) is 140 cm³/mol. The van der Waals surface area contributed by atoms with E-state index in [1.807, 2.05) is 6.08 Å². The topological polar surface area (TPSA) is 69.7 Å². The Labute approximate surface area is 222 Å². The van der Waals surface area contributed by atoms with Gasteiger partial charge in [-0.05, 0) is 92.1 Å². The Kier molecular flexibility index (Phi) is 4.92. The standard InChI is InChI=1S/C32H46O5/c1-19(33)36-23-10-11-29(6)21(26(23,2)3)9-12-31(8)24(29)20(34)17-22-30(31,7)16-15-28(5)14-13-27(4)18-32(22,28)37-25(27)35/h17,21,23-24H,9-16,18H2,1-8H3/t21?,23-,24?,27-,28+,29-,30+,31+,32?/m0/s1. The summed E-state index contributed by atoms with van der Waals surface area (Å²) in [6.45, 7) is 17.5. The maximum absolute atomic E-state index is 14.5. The second-order valence-electron chi connectivity index (χ2n) is 15.7. The van der Waals surface area contributed by atoms with E-state index < -0.39 is 11.0 Å². The first-order chi connectivity index (χ1) is 17.0. The molecule has 5 nitrogen and oxygen atoms in total. The first kappa shape index (κ1) is 25.6. The largest absolute Gasteiger partial charge is 0.462 e. The molecule has 3 unspecified atom stereocenters. The highest BCUT2D eigenvalue weighted by Gasteiger charge is 2.76. The number of rotatable bonds is 1. The monoisotopic (exact) mass is 510 g/mol. The van der Waals surface area contributed by atoms with Gasteiger partial charge in [-0.2, -0.15) is 0 Å². The fourth-order valence-electron chi connectivity index (χ4n) is 11.3. The molecular formula is C32H46O5. The van der Waals surface area contributed by atoms with Crippen molar-refractivity contribution in [1.82, 2.24) is 0 Å². The molecule has 0 amide bonds. The maximum atomic E-state index is 14.5. The fraction of sp³-hybridized carbons (Fsp3) is 0.844. The molecular weight excluding hydrogens is 464 g/mol. The summed E-state index contributed by atoms with van der Waals surface area (Å²) in [6, 6.07) is 0. The van der Waals surface area contributed by atoms with E-state index in [-0.39, 0.29) is 56.8 Å². The molecule has 5 aliphatic carbocycles. The highest BCUT2D eigenvalue weighted by Crippen LogP contribution is 2.77. The molecule has 0 aromatic heterocycles. The van der Waals surface area contributed by atoms with Gasteiger partial charge in [0.1, 0.15) is 11.7 Å². The molecule has 1 heterocycles. The van der Waals surface area contributed by atoms with Crippen molar-refractivity contribution in [2.75, 3.05) is 0 Å². The molecule has 204 valence electrons. The Hall–Kier alpha value is -1.65. The molecule has 0 radical (unpaired) electrons. The van der Waals surface area contributed by atoms with Crippen LogP contribution in [0.4, 0.5) is 0 Å². The maximum Gasteiger partial charge on any atom is 0.312 e. The van der Waals surface area contributed by atoms with Gasteiger partial charge in [0.25, 0.3) is 0 Å². The molecule has 4 saturated carbocycles. The van der Waals surface area contributed by atoms with Gasteiger partial charge < -0.3 is 9.47 Å². The number of carbonyl (C=O) groups is 3. The third kappa shape index (κ3) is 2.80. The van der Waals surface area contributed by atoms with Gasteiger partial charge in [-0.3, -0.25) is 14.4 Å². The Bertz CT molecular complexity index is 1140. The van der Waals surface area contributed by atoms with E-state index in [2.05, 4.69) is 48.5 Å². The van der Waals surface area contributed by atoms with Crippen LogP contribution in [-0.4, -0.2) is 29.4 Å². The molecule has 0 aromatic carbocycles. The summed E-state index contributed by atoms with van der Waals surface area (Å²) >= 11 is 0. The fourth-order valence-corrected chi connectivity index (χ4v) is 11.3. The quantitative estimate of drug-likeness (QED) is 0.373. The molecule has 37 heavy (non-hydrogen) atoms. The third-order valence-electron chi connectivity index (χ3n) is 13.7. The molecule has 2 bridgehead atoms. The van der Waals surface area contributed by atoms with Crippen molar-refractivity contribution in [2.45, 2.75) is 125 Å².